The lowest BCUT2D eigenvalue weighted by Crippen LogP contribution is -2.34. The van der Waals surface area contributed by atoms with Crippen LogP contribution in [0.3, 0.4) is 0 Å². The van der Waals surface area contributed by atoms with Gasteiger partial charge >= 0.3 is 6.03 Å². The maximum Gasteiger partial charge on any atom is 0.319 e. The standard InChI is InChI=1S/C28H36N4O3/c1-18(2)30-28(33)31-21-8-6-20(7-9-21)27-26(29)24-11-10-23(35-15-13-19-12-14-34-17-19)16-25(24)32(27)22-4-3-5-22/h6-11,16,18-19,22H,3-5,12-15,17,29H2,1-2H3,(H2,30,31,33). The van der Waals surface area contributed by atoms with E-state index in [1.807, 2.05) is 44.2 Å². The molecule has 0 bridgehead atoms. The Morgan fingerprint density at radius 3 is 2.63 bits per heavy atom. The van der Waals surface area contributed by atoms with E-state index in [2.05, 4.69) is 27.3 Å². The molecule has 2 amide bonds. The number of nitrogens with one attached hydrogen (secondary N) is 2. The number of amides is 2. The molecular formula is C28H36N4O3. The Bertz CT molecular complexity index is 1180. The van der Waals surface area contributed by atoms with E-state index < -0.39 is 0 Å². The van der Waals surface area contributed by atoms with Crippen LogP contribution in [0.25, 0.3) is 22.2 Å². The molecule has 1 unspecified atom stereocenters. The summed E-state index contributed by atoms with van der Waals surface area (Å²) in [5, 5.41) is 6.79. The van der Waals surface area contributed by atoms with Crippen LogP contribution in [-0.4, -0.2) is 36.5 Å². The molecule has 1 saturated heterocycles. The number of hydrogen-bond acceptors (Lipinski definition) is 4. The molecule has 1 aliphatic heterocycles. The number of urea groups is 1. The van der Waals surface area contributed by atoms with Gasteiger partial charge in [0.15, 0.2) is 0 Å². The van der Waals surface area contributed by atoms with Crippen molar-refractivity contribution >= 4 is 28.3 Å². The average molecular weight is 477 g/mol. The highest BCUT2D eigenvalue weighted by molar-refractivity contribution is 6.02. The molecule has 2 aliphatic rings. The zero-order chi connectivity index (χ0) is 24.4. The summed E-state index contributed by atoms with van der Waals surface area (Å²) in [6, 6.07) is 14.5. The highest BCUT2D eigenvalue weighted by atomic mass is 16.5. The number of nitrogens with two attached hydrogens (primary N) is 1. The molecule has 5 rings (SSSR count). The number of anilines is 2. The van der Waals surface area contributed by atoms with Gasteiger partial charge in [0.1, 0.15) is 5.75 Å². The van der Waals surface area contributed by atoms with Crippen LogP contribution in [0.4, 0.5) is 16.2 Å². The van der Waals surface area contributed by atoms with Crippen LogP contribution in [-0.2, 0) is 4.74 Å². The molecule has 2 fully saturated rings. The molecule has 35 heavy (non-hydrogen) atoms. The minimum Gasteiger partial charge on any atom is -0.494 e. The van der Waals surface area contributed by atoms with Gasteiger partial charge in [0, 0.05) is 48.0 Å². The molecule has 1 saturated carbocycles. The third kappa shape index (κ3) is 5.10. The lowest BCUT2D eigenvalue weighted by molar-refractivity contribution is 0.178. The van der Waals surface area contributed by atoms with Gasteiger partial charge in [0.25, 0.3) is 0 Å². The van der Waals surface area contributed by atoms with Gasteiger partial charge in [-0.05, 0) is 76.1 Å². The van der Waals surface area contributed by atoms with Crippen LogP contribution in [0.5, 0.6) is 5.75 Å². The second kappa shape index (κ2) is 10.2. The number of hydrogen-bond donors (Lipinski definition) is 3. The fourth-order valence-electron chi connectivity index (χ4n) is 5.02. The lowest BCUT2D eigenvalue weighted by atomic mass is 9.92. The van der Waals surface area contributed by atoms with Gasteiger partial charge in [-0.2, -0.15) is 0 Å². The summed E-state index contributed by atoms with van der Waals surface area (Å²) in [6.07, 6.45) is 5.68. The monoisotopic (exact) mass is 476 g/mol. The number of nitrogens with zero attached hydrogens (tertiary/aromatic N) is 1. The Morgan fingerprint density at radius 2 is 1.97 bits per heavy atom. The first-order chi connectivity index (χ1) is 17.0. The van der Waals surface area contributed by atoms with Crippen LogP contribution in [0.1, 0.15) is 52.0 Å². The lowest BCUT2D eigenvalue weighted by Gasteiger charge is -2.30. The zero-order valence-electron chi connectivity index (χ0n) is 20.7. The van der Waals surface area contributed by atoms with Crippen molar-refractivity contribution in [1.29, 1.82) is 0 Å². The van der Waals surface area contributed by atoms with Gasteiger partial charge in [-0.3, -0.25) is 0 Å². The molecular weight excluding hydrogens is 440 g/mol. The van der Waals surface area contributed by atoms with Gasteiger partial charge in [0.2, 0.25) is 0 Å². The quantitative estimate of drug-likeness (QED) is 0.375. The van der Waals surface area contributed by atoms with Crippen LogP contribution in [0.2, 0.25) is 0 Å². The van der Waals surface area contributed by atoms with Crippen molar-refractivity contribution in [3.05, 3.63) is 42.5 Å². The number of benzene rings is 2. The number of carbonyl (C=O) groups is 1. The Balaban J connectivity index is 1.41. The number of aromatic nitrogens is 1. The third-order valence-electron chi connectivity index (χ3n) is 7.11. The van der Waals surface area contributed by atoms with Crippen molar-refractivity contribution < 1.29 is 14.3 Å². The minimum atomic E-state index is -0.205. The van der Waals surface area contributed by atoms with Crippen LogP contribution < -0.4 is 21.1 Å². The van der Waals surface area contributed by atoms with Crippen LogP contribution in [0.15, 0.2) is 42.5 Å². The number of nitrogen functional groups attached to an aromatic ring is 1. The molecule has 7 heteroatoms. The van der Waals surface area contributed by atoms with Crippen molar-refractivity contribution in [2.24, 2.45) is 5.92 Å². The van der Waals surface area contributed by atoms with E-state index in [-0.39, 0.29) is 12.1 Å². The fraction of sp³-hybridized carbons (Fsp3) is 0.464. The Kier molecular flexibility index (Phi) is 6.86. The largest absolute Gasteiger partial charge is 0.494 e. The number of carbonyl (C=O) groups excluding carboxylic acids is 1. The van der Waals surface area contributed by atoms with E-state index in [4.69, 9.17) is 15.2 Å². The summed E-state index contributed by atoms with van der Waals surface area (Å²) in [5.74, 6) is 1.49. The Morgan fingerprint density at radius 1 is 1.17 bits per heavy atom. The molecule has 3 aromatic rings. The van der Waals surface area contributed by atoms with Gasteiger partial charge in [-0.25, -0.2) is 4.79 Å². The van der Waals surface area contributed by atoms with Crippen molar-refractivity contribution in [1.82, 2.24) is 9.88 Å². The average Bonchev–Trinajstić information content (AvgIpc) is 3.40. The fourth-order valence-corrected chi connectivity index (χ4v) is 5.02. The second-order valence-electron chi connectivity index (χ2n) is 10.1. The molecule has 0 radical (unpaired) electrons. The number of rotatable bonds is 8. The molecule has 1 aromatic heterocycles. The molecule has 2 aromatic carbocycles. The molecule has 2 heterocycles. The maximum absolute atomic E-state index is 12.1. The number of ether oxygens (including phenoxy) is 2. The highest BCUT2D eigenvalue weighted by Crippen LogP contribution is 2.45. The first-order valence-electron chi connectivity index (χ1n) is 12.8. The van der Waals surface area contributed by atoms with E-state index in [1.165, 1.54) is 6.42 Å². The van der Waals surface area contributed by atoms with E-state index in [9.17, 15) is 4.79 Å². The summed E-state index contributed by atoms with van der Waals surface area (Å²) >= 11 is 0. The second-order valence-corrected chi connectivity index (χ2v) is 10.1. The summed E-state index contributed by atoms with van der Waals surface area (Å²) < 4.78 is 14.0. The van der Waals surface area contributed by atoms with Crippen molar-refractivity contribution in [3.8, 4) is 17.0 Å². The third-order valence-corrected chi connectivity index (χ3v) is 7.11. The topological polar surface area (TPSA) is 90.5 Å². The Labute approximate surface area is 207 Å². The summed E-state index contributed by atoms with van der Waals surface area (Å²) in [4.78, 5) is 12.1. The summed E-state index contributed by atoms with van der Waals surface area (Å²) in [5.41, 5.74) is 11.5. The normalized spacial score (nSPS) is 18.1. The highest BCUT2D eigenvalue weighted by Gasteiger charge is 2.27. The first kappa shape index (κ1) is 23.5. The van der Waals surface area contributed by atoms with Crippen molar-refractivity contribution in [2.75, 3.05) is 30.9 Å². The number of fused-ring (bicyclic) bond motifs is 1. The molecule has 1 atom stereocenters. The van der Waals surface area contributed by atoms with E-state index >= 15 is 0 Å². The van der Waals surface area contributed by atoms with E-state index in [0.717, 1.165) is 78.2 Å². The van der Waals surface area contributed by atoms with Gasteiger partial charge in [0.05, 0.1) is 23.5 Å². The van der Waals surface area contributed by atoms with Gasteiger partial charge in [-0.1, -0.05) is 12.1 Å². The minimum absolute atomic E-state index is 0.0813. The predicted molar refractivity (Wildman–Crippen MR) is 141 cm³/mol. The smallest absolute Gasteiger partial charge is 0.319 e. The molecule has 4 N–H and O–H groups in total. The van der Waals surface area contributed by atoms with Crippen molar-refractivity contribution in [2.45, 2.75) is 58.0 Å². The van der Waals surface area contributed by atoms with Crippen LogP contribution in [0, 0.1) is 5.92 Å². The molecule has 0 spiro atoms. The van der Waals surface area contributed by atoms with Gasteiger partial charge in [-0.15, -0.1) is 0 Å². The zero-order valence-corrected chi connectivity index (χ0v) is 20.7. The SMILES string of the molecule is CC(C)NC(=O)Nc1ccc(-c2c(N)c3ccc(OCCC4CCOC4)cc3n2C2CCC2)cc1. The molecule has 1 aliphatic carbocycles. The first-order valence-corrected chi connectivity index (χ1v) is 12.8. The van der Waals surface area contributed by atoms with Crippen LogP contribution >= 0.6 is 0 Å². The molecule has 7 nitrogen and oxygen atoms in total. The van der Waals surface area contributed by atoms with E-state index in [1.54, 1.807) is 0 Å². The maximum atomic E-state index is 12.1. The van der Waals surface area contributed by atoms with E-state index in [0.29, 0.717) is 18.6 Å². The summed E-state index contributed by atoms with van der Waals surface area (Å²) in [6.45, 7) is 6.29. The van der Waals surface area contributed by atoms with Gasteiger partial charge < -0.3 is 30.4 Å². The Hall–Kier alpha value is -3.19. The summed E-state index contributed by atoms with van der Waals surface area (Å²) in [7, 11) is 0. The molecule has 186 valence electrons. The van der Waals surface area contributed by atoms with Crippen molar-refractivity contribution in [3.63, 3.8) is 0 Å². The predicted octanol–water partition coefficient (Wildman–Crippen LogP) is 5.95.